The third-order valence-corrected chi connectivity index (χ3v) is 4.93. The zero-order valence-electron chi connectivity index (χ0n) is 14.2. The second-order valence-corrected chi connectivity index (χ2v) is 6.71. The Morgan fingerprint density at radius 2 is 1.96 bits per heavy atom. The molecule has 0 radical (unpaired) electrons. The fourth-order valence-corrected chi connectivity index (χ4v) is 3.36. The third-order valence-electron chi connectivity index (χ3n) is 3.94. The van der Waals surface area contributed by atoms with Crippen molar-refractivity contribution in [1.82, 2.24) is 0 Å². The van der Waals surface area contributed by atoms with E-state index in [4.69, 9.17) is 9.47 Å². The molecule has 3 rings (SSSR count). The highest BCUT2D eigenvalue weighted by atomic mass is 32.2. The van der Waals surface area contributed by atoms with Crippen molar-refractivity contribution in [3.63, 3.8) is 0 Å². The molecule has 2 aromatic rings. The number of hydrogen-bond donors (Lipinski definition) is 1. The summed E-state index contributed by atoms with van der Waals surface area (Å²) >= 11 is 1.49. The fourth-order valence-electron chi connectivity index (χ4n) is 2.61. The van der Waals surface area contributed by atoms with Gasteiger partial charge in [-0.1, -0.05) is 6.07 Å². The van der Waals surface area contributed by atoms with Crippen molar-refractivity contribution in [1.29, 1.82) is 0 Å². The summed E-state index contributed by atoms with van der Waals surface area (Å²) in [6.07, 6.45) is 0. The maximum atomic E-state index is 12.1. The van der Waals surface area contributed by atoms with E-state index in [9.17, 15) is 4.79 Å². The monoisotopic (exact) mass is 358 g/mol. The third kappa shape index (κ3) is 5.14. The minimum Gasteiger partial charge on any atom is -0.497 e. The van der Waals surface area contributed by atoms with E-state index in [0.29, 0.717) is 5.75 Å². The van der Waals surface area contributed by atoms with Gasteiger partial charge in [0.15, 0.2) is 0 Å². The molecule has 0 bridgehead atoms. The van der Waals surface area contributed by atoms with Gasteiger partial charge in [-0.05, 0) is 42.5 Å². The predicted octanol–water partition coefficient (Wildman–Crippen LogP) is 3.26. The maximum Gasteiger partial charge on any atom is 0.234 e. The highest BCUT2D eigenvalue weighted by Crippen LogP contribution is 2.23. The first kappa shape index (κ1) is 17.6. The maximum absolute atomic E-state index is 12.1. The zero-order chi connectivity index (χ0) is 17.5. The Kier molecular flexibility index (Phi) is 6.19. The molecule has 6 heteroatoms. The quantitative estimate of drug-likeness (QED) is 0.803. The summed E-state index contributed by atoms with van der Waals surface area (Å²) in [5, 5.41) is 2.94. The molecule has 0 unspecified atom stereocenters. The molecule has 1 aliphatic heterocycles. The van der Waals surface area contributed by atoms with E-state index in [1.807, 2.05) is 48.5 Å². The molecule has 0 aliphatic carbocycles. The van der Waals surface area contributed by atoms with E-state index in [0.717, 1.165) is 48.3 Å². The van der Waals surface area contributed by atoms with Crippen LogP contribution in [0.4, 0.5) is 11.4 Å². The van der Waals surface area contributed by atoms with Crippen molar-refractivity contribution < 1.29 is 14.3 Å². The second kappa shape index (κ2) is 8.78. The van der Waals surface area contributed by atoms with Gasteiger partial charge < -0.3 is 19.7 Å². The number of benzene rings is 2. The summed E-state index contributed by atoms with van der Waals surface area (Å²) < 4.78 is 10.6. The molecule has 1 fully saturated rings. The Morgan fingerprint density at radius 3 is 2.68 bits per heavy atom. The van der Waals surface area contributed by atoms with Gasteiger partial charge >= 0.3 is 0 Å². The van der Waals surface area contributed by atoms with Gasteiger partial charge in [0.2, 0.25) is 5.91 Å². The highest BCUT2D eigenvalue weighted by molar-refractivity contribution is 8.00. The lowest BCUT2D eigenvalue weighted by Crippen LogP contribution is -2.36. The van der Waals surface area contributed by atoms with E-state index in [-0.39, 0.29) is 5.91 Å². The number of carbonyl (C=O) groups is 1. The first-order valence-electron chi connectivity index (χ1n) is 8.24. The van der Waals surface area contributed by atoms with Crippen LogP contribution in [0.1, 0.15) is 0 Å². The van der Waals surface area contributed by atoms with E-state index in [1.54, 1.807) is 7.11 Å². The van der Waals surface area contributed by atoms with Gasteiger partial charge in [0.25, 0.3) is 0 Å². The molecule has 1 saturated heterocycles. The molecule has 1 heterocycles. The lowest BCUT2D eigenvalue weighted by Gasteiger charge is -2.28. The summed E-state index contributed by atoms with van der Waals surface area (Å²) in [4.78, 5) is 15.4. The Bertz CT molecular complexity index is 700. The topological polar surface area (TPSA) is 50.8 Å². The smallest absolute Gasteiger partial charge is 0.234 e. The molecule has 25 heavy (non-hydrogen) atoms. The zero-order valence-corrected chi connectivity index (χ0v) is 15.1. The van der Waals surface area contributed by atoms with E-state index in [2.05, 4.69) is 10.2 Å². The van der Waals surface area contributed by atoms with Crippen LogP contribution in [0.5, 0.6) is 5.75 Å². The van der Waals surface area contributed by atoms with Gasteiger partial charge in [0, 0.05) is 29.4 Å². The van der Waals surface area contributed by atoms with Crippen LogP contribution in [0.3, 0.4) is 0 Å². The molecule has 5 nitrogen and oxygen atoms in total. The van der Waals surface area contributed by atoms with Crippen LogP contribution in [0.15, 0.2) is 53.4 Å². The van der Waals surface area contributed by atoms with Crippen LogP contribution in [0.2, 0.25) is 0 Å². The van der Waals surface area contributed by atoms with Crippen molar-refractivity contribution in [2.45, 2.75) is 4.90 Å². The lowest BCUT2D eigenvalue weighted by atomic mass is 10.2. The standard InChI is InChI=1S/C19H22N2O3S/c1-23-17-3-2-4-18(13-17)25-14-19(22)20-15-5-7-16(8-6-15)21-9-11-24-12-10-21/h2-8,13H,9-12,14H2,1H3,(H,20,22). The molecule has 0 saturated carbocycles. The minimum absolute atomic E-state index is 0.0213. The van der Waals surface area contributed by atoms with Crippen LogP contribution >= 0.6 is 11.8 Å². The summed E-state index contributed by atoms with van der Waals surface area (Å²) in [5.41, 5.74) is 1.97. The molecule has 0 aromatic heterocycles. The van der Waals surface area contributed by atoms with Crippen LogP contribution < -0.4 is 15.0 Å². The molecular weight excluding hydrogens is 336 g/mol. The molecular formula is C19H22N2O3S. The van der Waals surface area contributed by atoms with Crippen LogP contribution in [-0.4, -0.2) is 45.1 Å². The van der Waals surface area contributed by atoms with Crippen molar-refractivity contribution in [3.05, 3.63) is 48.5 Å². The van der Waals surface area contributed by atoms with Gasteiger partial charge in [-0.3, -0.25) is 4.79 Å². The Balaban J connectivity index is 1.50. The van der Waals surface area contributed by atoms with Gasteiger partial charge in [-0.25, -0.2) is 0 Å². The molecule has 0 atom stereocenters. The average Bonchev–Trinajstić information content (AvgIpc) is 2.68. The number of hydrogen-bond acceptors (Lipinski definition) is 5. The van der Waals surface area contributed by atoms with Gasteiger partial charge in [0.05, 0.1) is 26.1 Å². The van der Waals surface area contributed by atoms with Crippen molar-refractivity contribution in [3.8, 4) is 5.75 Å². The number of morpholine rings is 1. The number of ether oxygens (including phenoxy) is 2. The van der Waals surface area contributed by atoms with Gasteiger partial charge in [-0.15, -0.1) is 11.8 Å². The SMILES string of the molecule is COc1cccc(SCC(=O)Nc2ccc(N3CCOCC3)cc2)c1. The molecule has 1 aliphatic rings. The molecule has 1 amide bonds. The number of thioether (sulfide) groups is 1. The predicted molar refractivity (Wildman–Crippen MR) is 102 cm³/mol. The number of anilines is 2. The molecule has 1 N–H and O–H groups in total. The largest absolute Gasteiger partial charge is 0.497 e. The molecule has 2 aromatic carbocycles. The number of nitrogens with zero attached hydrogens (tertiary/aromatic N) is 1. The van der Waals surface area contributed by atoms with Gasteiger partial charge in [0.1, 0.15) is 5.75 Å². The molecule has 0 spiro atoms. The number of rotatable bonds is 6. The number of amides is 1. The first-order chi connectivity index (χ1) is 12.2. The Hall–Kier alpha value is -2.18. The van der Waals surface area contributed by atoms with E-state index < -0.39 is 0 Å². The highest BCUT2D eigenvalue weighted by Gasteiger charge is 2.11. The first-order valence-corrected chi connectivity index (χ1v) is 9.22. The lowest BCUT2D eigenvalue weighted by molar-refractivity contribution is -0.113. The summed E-state index contributed by atoms with van der Waals surface area (Å²) in [6, 6.07) is 15.7. The number of carbonyl (C=O) groups excluding carboxylic acids is 1. The van der Waals surface area contributed by atoms with Crippen LogP contribution in [0.25, 0.3) is 0 Å². The van der Waals surface area contributed by atoms with Crippen LogP contribution in [0, 0.1) is 0 Å². The average molecular weight is 358 g/mol. The van der Waals surface area contributed by atoms with Crippen LogP contribution in [-0.2, 0) is 9.53 Å². The fraction of sp³-hybridized carbons (Fsp3) is 0.316. The van der Waals surface area contributed by atoms with Crippen molar-refractivity contribution >= 4 is 29.0 Å². The number of nitrogens with one attached hydrogen (secondary N) is 1. The minimum atomic E-state index is -0.0213. The summed E-state index contributed by atoms with van der Waals surface area (Å²) in [7, 11) is 1.64. The molecule has 132 valence electrons. The van der Waals surface area contributed by atoms with Gasteiger partial charge in [-0.2, -0.15) is 0 Å². The summed E-state index contributed by atoms with van der Waals surface area (Å²) in [5.74, 6) is 1.13. The number of methoxy groups -OCH3 is 1. The van der Waals surface area contributed by atoms with E-state index >= 15 is 0 Å². The van der Waals surface area contributed by atoms with Crippen molar-refractivity contribution in [2.75, 3.05) is 49.4 Å². The second-order valence-electron chi connectivity index (χ2n) is 5.66. The van der Waals surface area contributed by atoms with Crippen molar-refractivity contribution in [2.24, 2.45) is 0 Å². The van der Waals surface area contributed by atoms with E-state index in [1.165, 1.54) is 11.8 Å². The normalized spacial score (nSPS) is 14.2. The Labute approximate surface area is 152 Å². The Morgan fingerprint density at radius 1 is 1.20 bits per heavy atom. The summed E-state index contributed by atoms with van der Waals surface area (Å²) in [6.45, 7) is 3.34.